The van der Waals surface area contributed by atoms with Gasteiger partial charge in [-0.2, -0.15) is 0 Å². The van der Waals surface area contributed by atoms with Crippen LogP contribution in [0.5, 0.6) is 0 Å². The van der Waals surface area contributed by atoms with Gasteiger partial charge >= 0.3 is 0 Å². The van der Waals surface area contributed by atoms with Gasteiger partial charge in [-0.3, -0.25) is 4.90 Å². The van der Waals surface area contributed by atoms with Gasteiger partial charge in [0.05, 0.1) is 6.10 Å². The topological polar surface area (TPSA) is 30.0 Å². The molecule has 0 saturated carbocycles. The molecule has 1 saturated heterocycles. The molecule has 0 spiro atoms. The lowest BCUT2D eigenvalue weighted by Crippen LogP contribution is -2.45. The molecule has 5 rings (SSSR count). The smallest absolute Gasteiger partial charge is 0.0764 e. The van der Waals surface area contributed by atoms with Crippen molar-refractivity contribution in [1.82, 2.24) is 9.80 Å². The summed E-state index contributed by atoms with van der Waals surface area (Å²) in [5.74, 6) is 0. The van der Waals surface area contributed by atoms with Crippen molar-refractivity contribution in [3.63, 3.8) is 0 Å². The van der Waals surface area contributed by atoms with Crippen LogP contribution in [0.4, 0.5) is 5.69 Å². The minimum Gasteiger partial charge on any atom is -0.389 e. The molecule has 4 heteroatoms. The third kappa shape index (κ3) is 5.61. The van der Waals surface area contributed by atoms with Crippen molar-refractivity contribution in [2.45, 2.75) is 51.4 Å². The Morgan fingerprint density at radius 1 is 0.829 bits per heavy atom. The minimum absolute atomic E-state index is 0.424. The molecule has 1 aliphatic heterocycles. The van der Waals surface area contributed by atoms with E-state index in [0.29, 0.717) is 6.04 Å². The number of fused-ring (bicyclic) bond motifs is 1. The predicted molar refractivity (Wildman–Crippen MR) is 145 cm³/mol. The molecule has 3 aromatic carbocycles. The zero-order valence-corrected chi connectivity index (χ0v) is 21.2. The molecule has 0 bridgehead atoms. The summed E-state index contributed by atoms with van der Waals surface area (Å²) in [4.78, 5) is 7.67. The number of benzene rings is 3. The van der Waals surface area contributed by atoms with Crippen LogP contribution in [0, 0.1) is 0 Å². The van der Waals surface area contributed by atoms with Crippen LogP contribution in [0.15, 0.2) is 72.8 Å². The van der Waals surface area contributed by atoms with Crippen molar-refractivity contribution in [3.05, 3.63) is 101 Å². The first-order chi connectivity index (χ1) is 17.1. The van der Waals surface area contributed by atoms with Crippen molar-refractivity contribution in [1.29, 1.82) is 0 Å². The van der Waals surface area contributed by atoms with E-state index in [0.717, 1.165) is 64.1 Å². The van der Waals surface area contributed by atoms with Crippen LogP contribution in [0.1, 0.15) is 47.3 Å². The van der Waals surface area contributed by atoms with Crippen molar-refractivity contribution >= 4 is 5.69 Å². The van der Waals surface area contributed by atoms with Crippen LogP contribution in [-0.2, 0) is 25.9 Å². The fourth-order valence-electron chi connectivity index (χ4n) is 5.87. The maximum atomic E-state index is 10.5. The number of aliphatic hydroxyl groups excluding tert-OH is 1. The van der Waals surface area contributed by atoms with Gasteiger partial charge in [0.15, 0.2) is 0 Å². The molecule has 3 aromatic rings. The Labute approximate surface area is 210 Å². The molecule has 1 fully saturated rings. The molecule has 1 aliphatic carbocycles. The molecule has 1 heterocycles. The molecule has 184 valence electrons. The van der Waals surface area contributed by atoms with Gasteiger partial charge in [-0.1, -0.05) is 66.7 Å². The summed E-state index contributed by atoms with van der Waals surface area (Å²) >= 11 is 0. The van der Waals surface area contributed by atoms with Crippen LogP contribution in [0.25, 0.3) is 0 Å². The van der Waals surface area contributed by atoms with E-state index < -0.39 is 6.10 Å². The zero-order valence-electron chi connectivity index (χ0n) is 21.2. The summed E-state index contributed by atoms with van der Waals surface area (Å²) in [5.41, 5.74) is 8.11. The molecule has 0 radical (unpaired) electrons. The molecule has 1 N–H and O–H groups in total. The van der Waals surface area contributed by atoms with Gasteiger partial charge in [0.25, 0.3) is 0 Å². The van der Waals surface area contributed by atoms with Gasteiger partial charge in [0.1, 0.15) is 0 Å². The second-order valence-electron chi connectivity index (χ2n) is 10.4. The number of hydrogen-bond donors (Lipinski definition) is 1. The number of rotatable bonds is 7. The standard InChI is InChI=1S/C31H39N3O/c1-24(35)28-15-16-31(33-19-17-32(2)18-20-33)30-21-27(13-14-29(28)30)34(22-25-9-5-3-6-10-25)23-26-11-7-4-8-12-26/h3-12,15-16,24,27,35H,13-14,17-23H2,1-2H3. The van der Waals surface area contributed by atoms with Gasteiger partial charge in [-0.15, -0.1) is 0 Å². The van der Waals surface area contributed by atoms with Gasteiger partial charge < -0.3 is 14.9 Å². The summed E-state index contributed by atoms with van der Waals surface area (Å²) in [6, 6.07) is 26.7. The molecule has 2 atom stereocenters. The first-order valence-corrected chi connectivity index (χ1v) is 13.2. The van der Waals surface area contributed by atoms with Gasteiger partial charge in [0.2, 0.25) is 0 Å². The molecule has 0 aromatic heterocycles. The van der Waals surface area contributed by atoms with E-state index in [1.54, 1.807) is 0 Å². The van der Waals surface area contributed by atoms with Crippen LogP contribution in [0.3, 0.4) is 0 Å². The third-order valence-electron chi connectivity index (χ3n) is 7.88. The maximum absolute atomic E-state index is 10.5. The highest BCUT2D eigenvalue weighted by Crippen LogP contribution is 2.37. The number of nitrogens with zero attached hydrogens (tertiary/aromatic N) is 3. The Hall–Kier alpha value is -2.66. The SMILES string of the molecule is CC(O)c1ccc(N2CCN(C)CC2)c2c1CCC(N(Cc1ccccc1)Cc1ccccc1)C2. The summed E-state index contributed by atoms with van der Waals surface area (Å²) in [6.07, 6.45) is 2.77. The van der Waals surface area contributed by atoms with E-state index in [4.69, 9.17) is 0 Å². The van der Waals surface area contributed by atoms with Crippen LogP contribution >= 0.6 is 0 Å². The Kier molecular flexibility index (Phi) is 7.52. The average Bonchev–Trinajstić information content (AvgIpc) is 2.89. The number of piperazine rings is 1. The molecular formula is C31H39N3O. The lowest BCUT2D eigenvalue weighted by molar-refractivity contribution is 0.160. The van der Waals surface area contributed by atoms with E-state index in [-0.39, 0.29) is 0 Å². The maximum Gasteiger partial charge on any atom is 0.0764 e. The van der Waals surface area contributed by atoms with Gasteiger partial charge in [-0.25, -0.2) is 0 Å². The van der Waals surface area contributed by atoms with Crippen LogP contribution in [-0.4, -0.2) is 54.2 Å². The molecular weight excluding hydrogens is 430 g/mol. The minimum atomic E-state index is -0.424. The molecule has 0 amide bonds. The Morgan fingerprint density at radius 2 is 1.43 bits per heavy atom. The quantitative estimate of drug-likeness (QED) is 0.524. The van der Waals surface area contributed by atoms with Crippen LogP contribution in [0.2, 0.25) is 0 Å². The molecule has 35 heavy (non-hydrogen) atoms. The molecule has 2 aliphatic rings. The summed E-state index contributed by atoms with van der Waals surface area (Å²) in [5, 5.41) is 10.5. The lowest BCUT2D eigenvalue weighted by atomic mass is 9.82. The number of anilines is 1. The molecule has 2 unspecified atom stereocenters. The number of likely N-dealkylation sites (N-methyl/N-ethyl adjacent to an activating group) is 1. The highest BCUT2D eigenvalue weighted by Gasteiger charge is 2.30. The van der Waals surface area contributed by atoms with Crippen molar-refractivity contribution in [3.8, 4) is 0 Å². The summed E-state index contributed by atoms with van der Waals surface area (Å²) < 4.78 is 0. The highest BCUT2D eigenvalue weighted by molar-refractivity contribution is 5.61. The lowest BCUT2D eigenvalue weighted by Gasteiger charge is -2.40. The predicted octanol–water partition coefficient (Wildman–Crippen LogP) is 5.05. The Morgan fingerprint density at radius 3 is 2.00 bits per heavy atom. The van der Waals surface area contributed by atoms with E-state index in [1.165, 1.54) is 27.9 Å². The van der Waals surface area contributed by atoms with E-state index >= 15 is 0 Å². The zero-order chi connectivity index (χ0) is 24.2. The summed E-state index contributed by atoms with van der Waals surface area (Å²) in [6.45, 7) is 8.16. The van der Waals surface area contributed by atoms with Gasteiger partial charge in [0, 0.05) is 51.0 Å². The fraction of sp³-hybridized carbons (Fsp3) is 0.419. The van der Waals surface area contributed by atoms with E-state index in [1.807, 2.05) is 6.92 Å². The number of aliphatic hydroxyl groups is 1. The van der Waals surface area contributed by atoms with Crippen molar-refractivity contribution in [2.75, 3.05) is 38.1 Å². The first kappa shape index (κ1) is 24.1. The monoisotopic (exact) mass is 469 g/mol. The van der Waals surface area contributed by atoms with Gasteiger partial charge in [-0.05, 0) is 67.1 Å². The average molecular weight is 470 g/mol. The Bertz CT molecular complexity index is 1050. The third-order valence-corrected chi connectivity index (χ3v) is 7.88. The second-order valence-corrected chi connectivity index (χ2v) is 10.4. The van der Waals surface area contributed by atoms with Crippen molar-refractivity contribution in [2.24, 2.45) is 0 Å². The fourth-order valence-corrected chi connectivity index (χ4v) is 5.87. The van der Waals surface area contributed by atoms with Crippen molar-refractivity contribution < 1.29 is 5.11 Å². The first-order valence-electron chi connectivity index (χ1n) is 13.2. The largest absolute Gasteiger partial charge is 0.389 e. The van der Waals surface area contributed by atoms with Crippen LogP contribution < -0.4 is 4.90 Å². The number of hydrogen-bond acceptors (Lipinski definition) is 4. The highest BCUT2D eigenvalue weighted by atomic mass is 16.3. The van der Waals surface area contributed by atoms with E-state index in [2.05, 4.69) is 94.5 Å². The van der Waals surface area contributed by atoms with E-state index in [9.17, 15) is 5.11 Å². The summed E-state index contributed by atoms with van der Waals surface area (Å²) in [7, 11) is 2.21. The second kappa shape index (κ2) is 10.9. The molecule has 4 nitrogen and oxygen atoms in total. The Balaban J connectivity index is 1.47. The normalized spacial score (nSPS) is 19.5.